The monoisotopic (exact) mass is 385 g/mol. The number of esters is 1. The lowest BCUT2D eigenvalue weighted by Crippen LogP contribution is -2.08. The normalized spacial score (nSPS) is 12.1. The van der Waals surface area contributed by atoms with E-state index in [0.29, 0.717) is 22.6 Å². The molecule has 0 saturated carbocycles. The van der Waals surface area contributed by atoms with Gasteiger partial charge in [0.1, 0.15) is 18.2 Å². The van der Waals surface area contributed by atoms with Crippen LogP contribution in [0.5, 0.6) is 11.5 Å². The van der Waals surface area contributed by atoms with Crippen LogP contribution in [0.1, 0.15) is 29.7 Å². The molecule has 0 saturated heterocycles. The second-order valence-corrected chi connectivity index (χ2v) is 5.90. The van der Waals surface area contributed by atoms with Crippen LogP contribution in [-0.2, 0) is 20.9 Å². The van der Waals surface area contributed by atoms with Crippen molar-refractivity contribution in [1.29, 1.82) is 0 Å². The first kappa shape index (κ1) is 21.0. The Morgan fingerprint density at radius 2 is 1.86 bits per heavy atom. The van der Waals surface area contributed by atoms with Gasteiger partial charge in [0.2, 0.25) is 0 Å². The lowest BCUT2D eigenvalue weighted by Gasteiger charge is -2.15. The van der Waals surface area contributed by atoms with Crippen molar-refractivity contribution in [2.75, 3.05) is 21.3 Å². The first-order chi connectivity index (χ1) is 13.5. The molecule has 2 rings (SSSR count). The summed E-state index contributed by atoms with van der Waals surface area (Å²) >= 11 is 0. The summed E-state index contributed by atoms with van der Waals surface area (Å²) < 4.78 is 21.1. The van der Waals surface area contributed by atoms with E-state index in [1.54, 1.807) is 31.2 Å². The van der Waals surface area contributed by atoms with Crippen molar-refractivity contribution >= 4 is 11.5 Å². The Morgan fingerprint density at radius 1 is 1.11 bits per heavy atom. The lowest BCUT2D eigenvalue weighted by atomic mass is 10.0. The maximum Gasteiger partial charge on any atom is 0.341 e. The van der Waals surface area contributed by atoms with E-state index in [1.165, 1.54) is 27.6 Å². The van der Waals surface area contributed by atoms with Crippen LogP contribution in [0.3, 0.4) is 0 Å². The number of nitrogens with zero attached hydrogens (tertiary/aromatic N) is 1. The van der Waals surface area contributed by atoms with E-state index in [-0.39, 0.29) is 12.2 Å². The number of ether oxygens (including phenoxy) is 4. The summed E-state index contributed by atoms with van der Waals surface area (Å²) in [5, 5.41) is 3.04. The molecular formula is C21H23NO6. The smallest absolute Gasteiger partial charge is 0.341 e. The van der Waals surface area contributed by atoms with Crippen molar-refractivity contribution in [2.45, 2.75) is 19.6 Å². The zero-order chi connectivity index (χ0) is 20.5. The van der Waals surface area contributed by atoms with E-state index in [1.807, 2.05) is 18.2 Å². The average molecular weight is 385 g/mol. The third kappa shape index (κ3) is 4.88. The molecule has 0 radical (unpaired) electrons. The Kier molecular flexibility index (Phi) is 7.56. The van der Waals surface area contributed by atoms with Crippen molar-refractivity contribution in [3.63, 3.8) is 0 Å². The summed E-state index contributed by atoms with van der Waals surface area (Å²) in [7, 11) is 4.30. The Hall–Kier alpha value is -3.35. The van der Waals surface area contributed by atoms with Crippen molar-refractivity contribution < 1.29 is 23.7 Å². The molecule has 28 heavy (non-hydrogen) atoms. The van der Waals surface area contributed by atoms with Gasteiger partial charge in [0.05, 0.1) is 27.6 Å². The molecule has 0 fully saturated rings. The van der Waals surface area contributed by atoms with Crippen molar-refractivity contribution in [2.24, 2.45) is 5.18 Å². The number of nitroso groups, excluding NO2 is 1. The predicted octanol–water partition coefficient (Wildman–Crippen LogP) is 4.26. The minimum atomic E-state index is -0.514. The minimum Gasteiger partial charge on any atom is -0.503 e. The molecule has 1 unspecified atom stereocenters. The maximum absolute atomic E-state index is 12.1. The van der Waals surface area contributed by atoms with Crippen molar-refractivity contribution in [3.05, 3.63) is 70.3 Å². The maximum atomic E-state index is 12.1. The first-order valence-electron chi connectivity index (χ1n) is 8.58. The van der Waals surface area contributed by atoms with Gasteiger partial charge in [-0.05, 0) is 35.7 Å². The van der Waals surface area contributed by atoms with Crippen molar-refractivity contribution in [1.82, 2.24) is 0 Å². The van der Waals surface area contributed by atoms with Crippen LogP contribution in [0.15, 0.2) is 53.9 Å². The zero-order valence-electron chi connectivity index (χ0n) is 16.3. The van der Waals surface area contributed by atoms with Gasteiger partial charge in [-0.1, -0.05) is 35.5 Å². The number of carbonyl (C=O) groups is 1. The molecule has 0 aliphatic rings. The topological polar surface area (TPSA) is 83.4 Å². The fraction of sp³-hybridized carbons (Fsp3) is 0.286. The van der Waals surface area contributed by atoms with E-state index in [9.17, 15) is 9.70 Å². The summed E-state index contributed by atoms with van der Waals surface area (Å²) in [4.78, 5) is 23.0. The molecule has 7 heteroatoms. The third-order valence-corrected chi connectivity index (χ3v) is 4.16. The Balaban J connectivity index is 2.34. The molecule has 7 nitrogen and oxygen atoms in total. The highest BCUT2D eigenvalue weighted by Gasteiger charge is 2.18. The highest BCUT2D eigenvalue weighted by Crippen LogP contribution is 2.32. The standard InChI is InChI=1S/C21H23NO6/c1-14(22-24)15-9-10-19(26-3)20(11-15)28-12-16-7-5-6-8-17(16)18(13-25-2)21(23)27-4/h5-11,13-14H,12H2,1-4H3. The van der Waals surface area contributed by atoms with Crippen LogP contribution in [0.25, 0.3) is 5.57 Å². The van der Waals surface area contributed by atoms with Gasteiger partial charge in [-0.2, -0.15) is 4.91 Å². The molecule has 0 aliphatic heterocycles. The number of benzene rings is 2. The van der Waals surface area contributed by atoms with Gasteiger partial charge in [-0.15, -0.1) is 0 Å². The molecule has 148 valence electrons. The van der Waals surface area contributed by atoms with E-state index >= 15 is 0 Å². The molecule has 2 aromatic carbocycles. The number of rotatable bonds is 9. The van der Waals surface area contributed by atoms with E-state index in [2.05, 4.69) is 5.18 Å². The summed E-state index contributed by atoms with van der Waals surface area (Å²) in [5.41, 5.74) is 2.39. The Morgan fingerprint density at radius 3 is 2.50 bits per heavy atom. The number of hydrogen-bond donors (Lipinski definition) is 0. The minimum absolute atomic E-state index is 0.164. The highest BCUT2D eigenvalue weighted by atomic mass is 16.5. The van der Waals surface area contributed by atoms with E-state index < -0.39 is 12.0 Å². The van der Waals surface area contributed by atoms with Gasteiger partial charge >= 0.3 is 5.97 Å². The molecule has 0 bridgehead atoms. The lowest BCUT2D eigenvalue weighted by molar-refractivity contribution is -0.133. The van der Waals surface area contributed by atoms with Crippen LogP contribution in [0.4, 0.5) is 0 Å². The van der Waals surface area contributed by atoms with Crippen LogP contribution < -0.4 is 9.47 Å². The van der Waals surface area contributed by atoms with Gasteiger partial charge in [0.15, 0.2) is 11.5 Å². The third-order valence-electron chi connectivity index (χ3n) is 4.16. The van der Waals surface area contributed by atoms with Crippen LogP contribution in [0, 0.1) is 4.91 Å². The molecule has 0 spiro atoms. The first-order valence-corrected chi connectivity index (χ1v) is 8.58. The fourth-order valence-electron chi connectivity index (χ4n) is 2.64. The highest BCUT2D eigenvalue weighted by molar-refractivity contribution is 6.16. The molecule has 1 atom stereocenters. The quantitative estimate of drug-likeness (QED) is 0.278. The predicted molar refractivity (Wildman–Crippen MR) is 105 cm³/mol. The van der Waals surface area contributed by atoms with Crippen LogP contribution >= 0.6 is 0 Å². The largest absolute Gasteiger partial charge is 0.503 e. The molecular weight excluding hydrogens is 362 g/mol. The molecule has 0 N–H and O–H groups in total. The Bertz CT molecular complexity index is 862. The number of methoxy groups -OCH3 is 3. The Labute approximate surface area is 163 Å². The molecule has 0 heterocycles. The van der Waals surface area contributed by atoms with Crippen molar-refractivity contribution in [3.8, 4) is 11.5 Å². The van der Waals surface area contributed by atoms with Gasteiger partial charge in [0, 0.05) is 0 Å². The van der Waals surface area contributed by atoms with Crippen LogP contribution in [-0.4, -0.2) is 27.3 Å². The number of carbonyl (C=O) groups excluding carboxylic acids is 1. The molecule has 0 aliphatic carbocycles. The average Bonchev–Trinajstić information content (AvgIpc) is 2.75. The van der Waals surface area contributed by atoms with Gasteiger partial charge in [-0.25, -0.2) is 4.79 Å². The summed E-state index contributed by atoms with van der Waals surface area (Å²) in [6.45, 7) is 1.86. The van der Waals surface area contributed by atoms with Gasteiger partial charge in [-0.3, -0.25) is 0 Å². The fourth-order valence-corrected chi connectivity index (χ4v) is 2.64. The second-order valence-electron chi connectivity index (χ2n) is 5.90. The van der Waals surface area contributed by atoms with Gasteiger partial charge in [0.25, 0.3) is 0 Å². The second kappa shape index (κ2) is 10.1. The molecule has 0 aromatic heterocycles. The van der Waals surface area contributed by atoms with E-state index in [0.717, 1.165) is 5.56 Å². The van der Waals surface area contributed by atoms with Gasteiger partial charge < -0.3 is 18.9 Å². The number of hydrogen-bond acceptors (Lipinski definition) is 7. The zero-order valence-corrected chi connectivity index (χ0v) is 16.3. The molecule has 0 amide bonds. The summed E-state index contributed by atoms with van der Waals surface area (Å²) in [6.07, 6.45) is 1.34. The van der Waals surface area contributed by atoms with E-state index in [4.69, 9.17) is 18.9 Å². The summed E-state index contributed by atoms with van der Waals surface area (Å²) in [5.74, 6) is 0.486. The SMILES string of the molecule is COC=C(C(=O)OC)c1ccccc1COc1cc(C(C)N=O)ccc1OC. The summed E-state index contributed by atoms with van der Waals surface area (Å²) in [6, 6.07) is 12.0. The molecule has 2 aromatic rings. The van der Waals surface area contributed by atoms with Crippen LogP contribution in [0.2, 0.25) is 0 Å².